The molecule has 0 fully saturated rings. The topological polar surface area (TPSA) is 61.2 Å². The Morgan fingerprint density at radius 3 is 2.46 bits per heavy atom. The molecule has 0 saturated heterocycles. The van der Waals surface area contributed by atoms with Crippen molar-refractivity contribution in [3.8, 4) is 11.4 Å². The molecular weight excluding hydrogens is 348 g/mol. The van der Waals surface area contributed by atoms with Crippen LogP contribution in [0.4, 0.5) is 0 Å². The fourth-order valence-corrected chi connectivity index (χ4v) is 2.95. The van der Waals surface area contributed by atoms with E-state index in [1.807, 2.05) is 0 Å². The minimum absolute atomic E-state index is 0.217. The highest BCUT2D eigenvalue weighted by molar-refractivity contribution is 7.90. The zero-order valence-electron chi connectivity index (χ0n) is 12.4. The number of hydrogen-bond acceptors (Lipinski definition) is 4. The van der Waals surface area contributed by atoms with Gasteiger partial charge in [0.1, 0.15) is 5.75 Å². The monoisotopic (exact) mass is 360 g/mol. The third-order valence-electron chi connectivity index (χ3n) is 3.14. The molecule has 0 saturated carbocycles. The summed E-state index contributed by atoms with van der Waals surface area (Å²) in [7, 11) is -3.88. The smallest absolute Gasteiger partial charge is 0.332 e. The maximum atomic E-state index is 12.0. The maximum absolute atomic E-state index is 12.0. The van der Waals surface area contributed by atoms with Crippen molar-refractivity contribution in [1.82, 2.24) is 9.78 Å². The van der Waals surface area contributed by atoms with Gasteiger partial charge < -0.3 is 4.18 Å². The molecule has 0 aliphatic heterocycles. The average molecular weight is 361 g/mol. The van der Waals surface area contributed by atoms with Gasteiger partial charge in [0, 0.05) is 17.4 Å². The highest BCUT2D eigenvalue weighted by atomic mass is 35.5. The molecule has 3 rings (SSSR count). The molecule has 0 atom stereocenters. The highest BCUT2D eigenvalue weighted by Crippen LogP contribution is 2.19. The fraction of sp³-hybridized carbons (Fsp3) is 0. The van der Waals surface area contributed by atoms with Crippen molar-refractivity contribution in [2.45, 2.75) is 0 Å². The van der Waals surface area contributed by atoms with Crippen LogP contribution in [0.2, 0.25) is 5.02 Å². The SMILES string of the molecule is O=S(=O)(/C=C/c1ccccc1Cl)Oc1ccc(-n2cccn2)cc1. The minimum atomic E-state index is -3.88. The molecule has 0 aliphatic carbocycles. The Hall–Kier alpha value is -2.57. The van der Waals surface area contributed by atoms with E-state index in [1.54, 1.807) is 71.7 Å². The molecule has 0 spiro atoms. The van der Waals surface area contributed by atoms with Crippen LogP contribution in [-0.2, 0) is 10.1 Å². The molecule has 0 N–H and O–H groups in total. The van der Waals surface area contributed by atoms with Crippen LogP contribution < -0.4 is 4.18 Å². The molecule has 5 nitrogen and oxygen atoms in total. The average Bonchev–Trinajstić information content (AvgIpc) is 3.09. The Kier molecular flexibility index (Phi) is 4.69. The van der Waals surface area contributed by atoms with Crippen LogP contribution in [0.25, 0.3) is 11.8 Å². The van der Waals surface area contributed by atoms with Gasteiger partial charge in [-0.3, -0.25) is 0 Å². The van der Waals surface area contributed by atoms with Gasteiger partial charge in [-0.25, -0.2) is 4.68 Å². The number of halogens is 1. The molecule has 0 unspecified atom stereocenters. The molecule has 0 amide bonds. The summed E-state index contributed by atoms with van der Waals surface area (Å²) in [6.07, 6.45) is 4.85. The van der Waals surface area contributed by atoms with E-state index in [1.165, 1.54) is 6.08 Å². The van der Waals surface area contributed by atoms with Gasteiger partial charge in [-0.05, 0) is 48.0 Å². The number of rotatable bonds is 5. The van der Waals surface area contributed by atoms with Crippen LogP contribution in [0.3, 0.4) is 0 Å². The number of hydrogen-bond donors (Lipinski definition) is 0. The molecule has 0 aliphatic rings. The normalized spacial score (nSPS) is 11.7. The van der Waals surface area contributed by atoms with Gasteiger partial charge in [0.15, 0.2) is 0 Å². The Bertz CT molecular complexity index is 950. The van der Waals surface area contributed by atoms with Gasteiger partial charge in [-0.15, -0.1) is 0 Å². The first-order valence-corrected chi connectivity index (χ1v) is 8.86. The lowest BCUT2D eigenvalue weighted by molar-refractivity contribution is 0.497. The first-order valence-electron chi connectivity index (χ1n) is 7.01. The first-order chi connectivity index (χ1) is 11.5. The van der Waals surface area contributed by atoms with Crippen LogP contribution in [0.5, 0.6) is 5.75 Å². The molecule has 1 aromatic heterocycles. The van der Waals surface area contributed by atoms with E-state index >= 15 is 0 Å². The van der Waals surface area contributed by atoms with Crippen molar-refractivity contribution in [3.05, 3.63) is 83.0 Å². The van der Waals surface area contributed by atoms with Gasteiger partial charge in [0.05, 0.1) is 11.1 Å². The maximum Gasteiger partial charge on any atom is 0.332 e. The summed E-state index contributed by atoms with van der Waals surface area (Å²) in [6, 6.07) is 15.3. The summed E-state index contributed by atoms with van der Waals surface area (Å²) in [5.74, 6) is 0.217. The summed E-state index contributed by atoms with van der Waals surface area (Å²) >= 11 is 5.98. The summed E-state index contributed by atoms with van der Waals surface area (Å²) in [6.45, 7) is 0. The molecule has 0 radical (unpaired) electrons. The lowest BCUT2D eigenvalue weighted by Gasteiger charge is -2.05. The van der Waals surface area contributed by atoms with E-state index in [0.29, 0.717) is 10.6 Å². The quantitative estimate of drug-likeness (QED) is 0.647. The zero-order valence-corrected chi connectivity index (χ0v) is 14.0. The predicted molar refractivity (Wildman–Crippen MR) is 93.6 cm³/mol. The van der Waals surface area contributed by atoms with Crippen molar-refractivity contribution in [3.63, 3.8) is 0 Å². The second-order valence-electron chi connectivity index (χ2n) is 4.84. The number of benzene rings is 2. The van der Waals surface area contributed by atoms with E-state index < -0.39 is 10.1 Å². The molecule has 2 aromatic carbocycles. The van der Waals surface area contributed by atoms with Crippen molar-refractivity contribution < 1.29 is 12.6 Å². The zero-order chi connectivity index (χ0) is 17.0. The Balaban J connectivity index is 1.74. The van der Waals surface area contributed by atoms with Gasteiger partial charge in [-0.2, -0.15) is 13.5 Å². The van der Waals surface area contributed by atoms with Gasteiger partial charge in [-0.1, -0.05) is 29.8 Å². The standard InChI is InChI=1S/C17H13ClN2O3S/c18-17-5-2-1-4-14(17)10-13-24(21,22)23-16-8-6-15(7-9-16)20-12-3-11-19-20/h1-13H/b13-10+. The van der Waals surface area contributed by atoms with E-state index in [9.17, 15) is 8.42 Å². The summed E-state index contributed by atoms with van der Waals surface area (Å²) in [5.41, 5.74) is 1.40. The Morgan fingerprint density at radius 2 is 1.79 bits per heavy atom. The molecule has 1 heterocycles. The second kappa shape index (κ2) is 6.90. The Morgan fingerprint density at radius 1 is 1.04 bits per heavy atom. The van der Waals surface area contributed by atoms with Gasteiger partial charge >= 0.3 is 10.1 Å². The Labute approximate surface area is 144 Å². The van der Waals surface area contributed by atoms with Crippen LogP contribution in [0.1, 0.15) is 5.56 Å². The lowest BCUT2D eigenvalue weighted by Crippen LogP contribution is -2.05. The van der Waals surface area contributed by atoms with Crippen molar-refractivity contribution in [2.24, 2.45) is 0 Å². The van der Waals surface area contributed by atoms with Gasteiger partial charge in [0.25, 0.3) is 0 Å². The third kappa shape index (κ3) is 4.04. The molecule has 3 aromatic rings. The summed E-state index contributed by atoms with van der Waals surface area (Å²) in [5, 5.41) is 5.54. The number of aromatic nitrogens is 2. The first kappa shape index (κ1) is 16.3. The van der Waals surface area contributed by atoms with E-state index in [2.05, 4.69) is 5.10 Å². The van der Waals surface area contributed by atoms with Crippen molar-refractivity contribution >= 4 is 27.8 Å². The molecule has 122 valence electrons. The third-order valence-corrected chi connectivity index (χ3v) is 4.38. The number of nitrogens with zero attached hydrogens (tertiary/aromatic N) is 2. The molecular formula is C17H13ClN2O3S. The van der Waals surface area contributed by atoms with Gasteiger partial charge in [0.2, 0.25) is 0 Å². The van der Waals surface area contributed by atoms with Crippen molar-refractivity contribution in [2.75, 3.05) is 0 Å². The van der Waals surface area contributed by atoms with E-state index in [4.69, 9.17) is 15.8 Å². The summed E-state index contributed by atoms with van der Waals surface area (Å²) < 4.78 is 30.8. The predicted octanol–water partition coefficient (Wildman–Crippen LogP) is 3.91. The summed E-state index contributed by atoms with van der Waals surface area (Å²) in [4.78, 5) is 0. The largest absolute Gasteiger partial charge is 0.379 e. The van der Waals surface area contributed by atoms with Crippen LogP contribution >= 0.6 is 11.6 Å². The van der Waals surface area contributed by atoms with Crippen LogP contribution in [0.15, 0.2) is 72.4 Å². The molecule has 7 heteroatoms. The van der Waals surface area contributed by atoms with Crippen LogP contribution in [-0.4, -0.2) is 18.2 Å². The molecule has 24 heavy (non-hydrogen) atoms. The molecule has 0 bridgehead atoms. The minimum Gasteiger partial charge on any atom is -0.379 e. The van der Waals surface area contributed by atoms with Crippen molar-refractivity contribution in [1.29, 1.82) is 0 Å². The second-order valence-corrected chi connectivity index (χ2v) is 6.68. The lowest BCUT2D eigenvalue weighted by atomic mass is 10.2. The van der Waals surface area contributed by atoms with E-state index in [0.717, 1.165) is 11.1 Å². The van der Waals surface area contributed by atoms with Crippen LogP contribution in [0, 0.1) is 0 Å². The fourth-order valence-electron chi connectivity index (χ4n) is 2.00. The van der Waals surface area contributed by atoms with E-state index in [-0.39, 0.29) is 5.75 Å². The highest BCUT2D eigenvalue weighted by Gasteiger charge is 2.09.